The van der Waals surface area contributed by atoms with Gasteiger partial charge in [0.1, 0.15) is 11.5 Å². The fourth-order valence-corrected chi connectivity index (χ4v) is 4.42. The molecule has 0 saturated heterocycles. The van der Waals surface area contributed by atoms with E-state index in [1.807, 2.05) is 38.1 Å². The average Bonchev–Trinajstić information content (AvgIpc) is 2.77. The van der Waals surface area contributed by atoms with Crippen molar-refractivity contribution in [2.24, 2.45) is 5.73 Å². The Morgan fingerprint density at radius 3 is 2.53 bits per heavy atom. The van der Waals surface area contributed by atoms with E-state index in [0.29, 0.717) is 19.4 Å². The van der Waals surface area contributed by atoms with Crippen LogP contribution in [0.1, 0.15) is 45.8 Å². The van der Waals surface area contributed by atoms with Gasteiger partial charge in [-0.25, -0.2) is 0 Å². The van der Waals surface area contributed by atoms with Crippen LogP contribution in [0.25, 0.3) is 0 Å². The van der Waals surface area contributed by atoms with Crippen LogP contribution >= 0.6 is 0 Å². The molecule has 1 aliphatic heterocycles. The molecule has 0 aliphatic carbocycles. The maximum Gasteiger partial charge on any atom is 0.237 e. The van der Waals surface area contributed by atoms with E-state index in [9.17, 15) is 9.90 Å². The highest BCUT2D eigenvalue weighted by Crippen LogP contribution is 2.33. The van der Waals surface area contributed by atoms with Crippen molar-refractivity contribution in [2.75, 3.05) is 6.61 Å². The lowest BCUT2D eigenvalue weighted by Crippen LogP contribution is -2.44. The van der Waals surface area contributed by atoms with E-state index < -0.39 is 6.04 Å². The van der Waals surface area contributed by atoms with E-state index >= 15 is 0 Å². The number of rotatable bonds is 6. The molecule has 3 aromatic rings. The number of phenolic OH excluding ortho intramolecular Hbond substituents is 1. The molecule has 3 aromatic carbocycles. The summed E-state index contributed by atoms with van der Waals surface area (Å²) in [5, 5.41) is 12.9. The van der Waals surface area contributed by atoms with Gasteiger partial charge >= 0.3 is 0 Å². The van der Waals surface area contributed by atoms with E-state index in [1.165, 1.54) is 11.1 Å². The monoisotopic (exact) mass is 430 g/mol. The number of aryl methyl sites for hydroxylation is 2. The molecule has 166 valence electrons. The molecular weight excluding hydrogens is 400 g/mol. The lowest BCUT2D eigenvalue weighted by atomic mass is 9.94. The summed E-state index contributed by atoms with van der Waals surface area (Å²) in [5.74, 6) is 0.868. The number of fused-ring (bicyclic) bond motifs is 1. The molecule has 0 saturated carbocycles. The van der Waals surface area contributed by atoms with Crippen molar-refractivity contribution in [3.05, 3.63) is 94.0 Å². The second-order valence-electron chi connectivity index (χ2n) is 8.60. The second kappa shape index (κ2) is 9.45. The van der Waals surface area contributed by atoms with Gasteiger partial charge in [-0.1, -0.05) is 36.4 Å². The fraction of sp³-hybridized carbons (Fsp3) is 0.296. The third-order valence-electron chi connectivity index (χ3n) is 6.12. The highest BCUT2D eigenvalue weighted by atomic mass is 16.5. The van der Waals surface area contributed by atoms with Crippen LogP contribution < -0.4 is 15.8 Å². The van der Waals surface area contributed by atoms with Gasteiger partial charge in [0, 0.05) is 12.0 Å². The molecule has 0 radical (unpaired) electrons. The third kappa shape index (κ3) is 4.94. The van der Waals surface area contributed by atoms with Gasteiger partial charge in [-0.2, -0.15) is 0 Å². The van der Waals surface area contributed by atoms with Crippen LogP contribution in [-0.2, 0) is 17.6 Å². The first-order valence-electron chi connectivity index (χ1n) is 11.1. The summed E-state index contributed by atoms with van der Waals surface area (Å²) in [6.45, 7) is 4.41. The number of nitrogens with one attached hydrogen (secondary N) is 1. The summed E-state index contributed by atoms with van der Waals surface area (Å²) in [7, 11) is 0. The molecule has 0 aromatic heterocycles. The van der Waals surface area contributed by atoms with Gasteiger partial charge < -0.3 is 20.9 Å². The van der Waals surface area contributed by atoms with Gasteiger partial charge in [0.05, 0.1) is 18.7 Å². The predicted molar refractivity (Wildman–Crippen MR) is 126 cm³/mol. The fourth-order valence-electron chi connectivity index (χ4n) is 4.42. The molecule has 5 heteroatoms. The van der Waals surface area contributed by atoms with E-state index in [0.717, 1.165) is 34.4 Å². The van der Waals surface area contributed by atoms with Crippen molar-refractivity contribution in [1.29, 1.82) is 0 Å². The van der Waals surface area contributed by atoms with Crippen molar-refractivity contribution in [1.82, 2.24) is 5.32 Å². The maximum absolute atomic E-state index is 13.0. The molecule has 2 atom stereocenters. The molecule has 0 spiro atoms. The second-order valence-corrected chi connectivity index (χ2v) is 8.60. The minimum atomic E-state index is -0.671. The minimum absolute atomic E-state index is 0.130. The Kier molecular flexibility index (Phi) is 6.47. The van der Waals surface area contributed by atoms with Crippen molar-refractivity contribution < 1.29 is 14.6 Å². The first-order chi connectivity index (χ1) is 15.4. The SMILES string of the molecule is Cc1cc(O)cc(C)c1C[C@H](N)C(=O)N[C@H]1CCOc2ccc(Cc3ccccc3)cc21. The Labute approximate surface area is 189 Å². The first-order valence-corrected chi connectivity index (χ1v) is 11.1. The normalized spacial score (nSPS) is 16.0. The van der Waals surface area contributed by atoms with Crippen LogP contribution in [0.2, 0.25) is 0 Å². The molecular formula is C27H30N2O3. The zero-order valence-electron chi connectivity index (χ0n) is 18.6. The topological polar surface area (TPSA) is 84.6 Å². The predicted octanol–water partition coefficient (Wildman–Crippen LogP) is 4.11. The van der Waals surface area contributed by atoms with E-state index in [2.05, 4.69) is 29.6 Å². The average molecular weight is 431 g/mol. The van der Waals surface area contributed by atoms with Crippen LogP contribution in [0, 0.1) is 13.8 Å². The molecule has 1 aliphatic rings. The summed E-state index contributed by atoms with van der Waals surface area (Å²) in [4.78, 5) is 13.0. The lowest BCUT2D eigenvalue weighted by molar-refractivity contribution is -0.123. The third-order valence-corrected chi connectivity index (χ3v) is 6.12. The number of ether oxygens (including phenoxy) is 1. The highest BCUT2D eigenvalue weighted by molar-refractivity contribution is 5.82. The summed E-state index contributed by atoms with van der Waals surface area (Å²) >= 11 is 0. The largest absolute Gasteiger partial charge is 0.508 e. The van der Waals surface area contributed by atoms with Crippen molar-refractivity contribution in [3.63, 3.8) is 0 Å². The molecule has 0 unspecified atom stereocenters. The number of aromatic hydroxyl groups is 1. The molecule has 0 bridgehead atoms. The Hall–Kier alpha value is -3.31. The van der Waals surface area contributed by atoms with Crippen molar-refractivity contribution in [3.8, 4) is 11.5 Å². The van der Waals surface area contributed by atoms with Crippen molar-refractivity contribution in [2.45, 2.75) is 45.2 Å². The number of carbonyl (C=O) groups is 1. The smallest absolute Gasteiger partial charge is 0.237 e. The summed E-state index contributed by atoms with van der Waals surface area (Å²) < 4.78 is 5.83. The van der Waals surface area contributed by atoms with Gasteiger partial charge in [-0.05, 0) is 78.8 Å². The maximum atomic E-state index is 13.0. The number of carbonyl (C=O) groups excluding carboxylic acids is 1. The molecule has 1 amide bonds. The molecule has 4 N–H and O–H groups in total. The Balaban J connectivity index is 1.48. The number of phenols is 1. The number of benzene rings is 3. The number of nitrogens with two attached hydrogens (primary N) is 1. The number of amides is 1. The van der Waals surface area contributed by atoms with Gasteiger partial charge in [0.15, 0.2) is 0 Å². The summed E-state index contributed by atoms with van der Waals surface area (Å²) in [6.07, 6.45) is 1.96. The molecule has 32 heavy (non-hydrogen) atoms. The molecule has 4 rings (SSSR count). The highest BCUT2D eigenvalue weighted by Gasteiger charge is 2.26. The van der Waals surface area contributed by atoms with E-state index in [1.54, 1.807) is 12.1 Å². The van der Waals surface area contributed by atoms with Crippen LogP contribution in [0.15, 0.2) is 60.7 Å². The Morgan fingerprint density at radius 1 is 1.09 bits per heavy atom. The van der Waals surface area contributed by atoms with Crippen LogP contribution in [0.5, 0.6) is 11.5 Å². The van der Waals surface area contributed by atoms with E-state index in [-0.39, 0.29) is 17.7 Å². The van der Waals surface area contributed by atoms with E-state index in [4.69, 9.17) is 10.5 Å². The minimum Gasteiger partial charge on any atom is -0.508 e. The van der Waals surface area contributed by atoms with Crippen LogP contribution in [0.3, 0.4) is 0 Å². The molecule has 0 fully saturated rings. The zero-order chi connectivity index (χ0) is 22.7. The molecule has 1 heterocycles. The van der Waals surface area contributed by atoms with Gasteiger partial charge in [0.25, 0.3) is 0 Å². The number of hydrogen-bond donors (Lipinski definition) is 3. The first kappa shape index (κ1) is 21.9. The summed E-state index contributed by atoms with van der Waals surface area (Å²) in [6, 6.07) is 19.1. The van der Waals surface area contributed by atoms with Crippen LogP contribution in [0.4, 0.5) is 0 Å². The zero-order valence-corrected chi connectivity index (χ0v) is 18.6. The molecule has 5 nitrogen and oxygen atoms in total. The Morgan fingerprint density at radius 2 is 1.81 bits per heavy atom. The van der Waals surface area contributed by atoms with Gasteiger partial charge in [-0.3, -0.25) is 4.79 Å². The van der Waals surface area contributed by atoms with Gasteiger partial charge in [0.2, 0.25) is 5.91 Å². The van der Waals surface area contributed by atoms with Gasteiger partial charge in [-0.15, -0.1) is 0 Å². The van der Waals surface area contributed by atoms with Crippen molar-refractivity contribution >= 4 is 5.91 Å². The Bertz CT molecular complexity index is 1090. The van der Waals surface area contributed by atoms with Crippen LogP contribution in [-0.4, -0.2) is 23.7 Å². The standard InChI is InChI=1S/C27H30N2O3/c1-17-12-21(30)13-18(2)22(17)16-24(28)27(31)29-25-10-11-32-26-9-8-20(15-23(25)26)14-19-6-4-3-5-7-19/h3-9,12-13,15,24-25,30H,10-11,14,16,28H2,1-2H3,(H,29,31)/t24-,25-/m0/s1. The number of hydrogen-bond acceptors (Lipinski definition) is 4. The quantitative estimate of drug-likeness (QED) is 0.549. The lowest BCUT2D eigenvalue weighted by Gasteiger charge is -2.28. The summed E-state index contributed by atoms with van der Waals surface area (Å²) in [5.41, 5.74) is 12.6.